The summed E-state index contributed by atoms with van der Waals surface area (Å²) >= 11 is 0. The van der Waals surface area contributed by atoms with E-state index in [9.17, 15) is 18.0 Å². The van der Waals surface area contributed by atoms with E-state index in [1.807, 2.05) is 6.92 Å². The molecule has 0 aliphatic heterocycles. The number of carbonyl (C=O) groups excluding carboxylic acids is 1. The molecule has 0 radical (unpaired) electrons. The zero-order chi connectivity index (χ0) is 22.8. The second kappa shape index (κ2) is 8.97. The average Bonchev–Trinajstić information content (AvgIpc) is 2.96. The van der Waals surface area contributed by atoms with Gasteiger partial charge in [-0.15, -0.1) is 0 Å². The Morgan fingerprint density at radius 1 is 1.06 bits per heavy atom. The van der Waals surface area contributed by atoms with Gasteiger partial charge in [0.2, 0.25) is 5.91 Å². The molecule has 166 valence electrons. The second-order valence-electron chi connectivity index (χ2n) is 7.48. The molecule has 31 heavy (non-hydrogen) atoms. The number of methoxy groups -OCH3 is 1. The van der Waals surface area contributed by atoms with Crippen molar-refractivity contribution >= 4 is 32.5 Å². The van der Waals surface area contributed by atoms with Gasteiger partial charge >= 0.3 is 5.69 Å². The Morgan fingerprint density at radius 2 is 1.68 bits per heavy atom. The summed E-state index contributed by atoms with van der Waals surface area (Å²) in [6.45, 7) is 1.91. The molecule has 0 fully saturated rings. The minimum atomic E-state index is -3.65. The maximum Gasteiger partial charge on any atom is 0.328 e. The highest BCUT2D eigenvalue weighted by atomic mass is 32.2. The van der Waals surface area contributed by atoms with Crippen LogP contribution >= 0.6 is 0 Å². The van der Waals surface area contributed by atoms with E-state index in [1.54, 1.807) is 51.5 Å². The topological polar surface area (TPSA) is 99.4 Å². The quantitative estimate of drug-likeness (QED) is 0.575. The predicted molar refractivity (Wildman–Crippen MR) is 120 cm³/mol. The number of sulfone groups is 1. The van der Waals surface area contributed by atoms with Crippen LogP contribution in [0.1, 0.15) is 25.3 Å². The Balaban J connectivity index is 2.01. The zero-order valence-electron chi connectivity index (χ0n) is 18.1. The summed E-state index contributed by atoms with van der Waals surface area (Å²) in [6.07, 6.45) is 1.31. The first-order valence-corrected chi connectivity index (χ1v) is 11.7. The van der Waals surface area contributed by atoms with Crippen LogP contribution in [0.25, 0.3) is 11.0 Å². The molecule has 0 saturated heterocycles. The molecular formula is C22H27N3O5S. The number of unbranched alkanes of at least 4 members (excludes halogenated alkanes) is 1. The first-order chi connectivity index (χ1) is 14.7. The summed E-state index contributed by atoms with van der Waals surface area (Å²) in [5, 5.41) is 2.74. The number of rotatable bonds is 8. The van der Waals surface area contributed by atoms with E-state index in [0.29, 0.717) is 23.2 Å². The summed E-state index contributed by atoms with van der Waals surface area (Å²) in [7, 11) is 1.12. The number of aromatic nitrogens is 2. The number of carbonyl (C=O) groups is 1. The van der Waals surface area contributed by atoms with Gasteiger partial charge in [-0.1, -0.05) is 25.5 Å². The fraction of sp³-hybridized carbons (Fsp3) is 0.364. The van der Waals surface area contributed by atoms with Crippen LogP contribution in [-0.4, -0.2) is 36.3 Å². The van der Waals surface area contributed by atoms with Crippen molar-refractivity contribution in [3.8, 4) is 5.75 Å². The molecule has 1 amide bonds. The molecule has 3 rings (SSSR count). The fourth-order valence-corrected chi connectivity index (χ4v) is 5.07. The van der Waals surface area contributed by atoms with E-state index in [1.165, 1.54) is 15.2 Å². The van der Waals surface area contributed by atoms with E-state index in [2.05, 4.69) is 5.32 Å². The molecule has 0 unspecified atom stereocenters. The summed E-state index contributed by atoms with van der Waals surface area (Å²) in [4.78, 5) is 25.1. The van der Waals surface area contributed by atoms with Gasteiger partial charge in [-0.25, -0.2) is 13.2 Å². The molecular weight excluding hydrogens is 418 g/mol. The Morgan fingerprint density at radius 3 is 2.26 bits per heavy atom. The maximum absolute atomic E-state index is 13.0. The monoisotopic (exact) mass is 445 g/mol. The molecule has 1 N–H and O–H groups in total. The SMILES string of the molecule is CCCCS(=O)(=O)c1cc2c(cc1NC(=O)Cc1ccc(OC)cc1)n(C)c(=O)n2C. The van der Waals surface area contributed by atoms with Crippen LogP contribution in [0.15, 0.2) is 46.1 Å². The normalized spacial score (nSPS) is 11.6. The van der Waals surface area contributed by atoms with Crippen LogP contribution in [0.3, 0.4) is 0 Å². The highest BCUT2D eigenvalue weighted by molar-refractivity contribution is 7.91. The second-order valence-corrected chi connectivity index (χ2v) is 9.56. The number of hydrogen-bond donors (Lipinski definition) is 1. The lowest BCUT2D eigenvalue weighted by atomic mass is 10.1. The Bertz CT molecular complexity index is 1270. The molecule has 0 aliphatic carbocycles. The number of nitrogens with one attached hydrogen (secondary N) is 1. The number of amides is 1. The summed E-state index contributed by atoms with van der Waals surface area (Å²) in [5.74, 6) is 0.304. The third-order valence-electron chi connectivity index (χ3n) is 5.27. The zero-order valence-corrected chi connectivity index (χ0v) is 19.0. The van der Waals surface area contributed by atoms with Crippen LogP contribution in [0.2, 0.25) is 0 Å². The molecule has 1 aromatic heterocycles. The van der Waals surface area contributed by atoms with Gasteiger partial charge < -0.3 is 10.1 Å². The minimum absolute atomic E-state index is 0.0257. The Hall–Kier alpha value is -3.07. The van der Waals surface area contributed by atoms with Crippen LogP contribution < -0.4 is 15.7 Å². The summed E-state index contributed by atoms with van der Waals surface area (Å²) < 4.78 is 34.0. The molecule has 0 atom stereocenters. The Labute approximate surface area is 181 Å². The van der Waals surface area contributed by atoms with Crippen molar-refractivity contribution in [2.24, 2.45) is 14.1 Å². The third kappa shape index (κ3) is 4.66. The van der Waals surface area contributed by atoms with Gasteiger partial charge in [-0.3, -0.25) is 13.9 Å². The number of imidazole rings is 1. The van der Waals surface area contributed by atoms with Gasteiger partial charge in [0.15, 0.2) is 9.84 Å². The highest BCUT2D eigenvalue weighted by Gasteiger charge is 2.23. The number of aryl methyl sites for hydroxylation is 2. The molecule has 1 heterocycles. The smallest absolute Gasteiger partial charge is 0.328 e. The highest BCUT2D eigenvalue weighted by Crippen LogP contribution is 2.29. The molecule has 2 aromatic carbocycles. The van der Waals surface area contributed by atoms with Crippen LogP contribution in [0.4, 0.5) is 5.69 Å². The lowest BCUT2D eigenvalue weighted by Crippen LogP contribution is -2.19. The first kappa shape index (κ1) is 22.6. The van der Waals surface area contributed by atoms with Crippen molar-refractivity contribution in [1.29, 1.82) is 0 Å². The average molecular weight is 446 g/mol. The van der Waals surface area contributed by atoms with E-state index in [4.69, 9.17) is 4.74 Å². The van der Waals surface area contributed by atoms with Gasteiger partial charge in [0.05, 0.1) is 40.9 Å². The molecule has 0 saturated carbocycles. The molecule has 0 aliphatic rings. The van der Waals surface area contributed by atoms with E-state index < -0.39 is 9.84 Å². The van der Waals surface area contributed by atoms with Crippen molar-refractivity contribution in [2.45, 2.75) is 31.1 Å². The number of nitrogens with zero attached hydrogens (tertiary/aromatic N) is 2. The number of ether oxygens (including phenoxy) is 1. The summed E-state index contributed by atoms with van der Waals surface area (Å²) in [5.41, 5.74) is 1.72. The lowest BCUT2D eigenvalue weighted by Gasteiger charge is -2.13. The molecule has 0 bridgehead atoms. The molecule has 9 heteroatoms. The van der Waals surface area contributed by atoms with Crippen LogP contribution in [0, 0.1) is 0 Å². The van der Waals surface area contributed by atoms with Gasteiger partial charge in [0, 0.05) is 14.1 Å². The van der Waals surface area contributed by atoms with Crippen molar-refractivity contribution in [2.75, 3.05) is 18.2 Å². The predicted octanol–water partition coefficient (Wildman–Crippen LogP) is 2.64. The number of benzene rings is 2. The fourth-order valence-electron chi connectivity index (χ4n) is 3.45. The van der Waals surface area contributed by atoms with Crippen molar-refractivity contribution in [1.82, 2.24) is 9.13 Å². The van der Waals surface area contributed by atoms with E-state index in [0.717, 1.165) is 12.0 Å². The van der Waals surface area contributed by atoms with Crippen molar-refractivity contribution < 1.29 is 17.9 Å². The van der Waals surface area contributed by atoms with E-state index in [-0.39, 0.29) is 34.4 Å². The largest absolute Gasteiger partial charge is 0.497 e. The Kier molecular flexibility index (Phi) is 6.54. The molecule has 3 aromatic rings. The number of fused-ring (bicyclic) bond motifs is 1. The molecule has 0 spiro atoms. The van der Waals surface area contributed by atoms with Gasteiger partial charge in [0.1, 0.15) is 5.75 Å². The number of anilines is 1. The minimum Gasteiger partial charge on any atom is -0.497 e. The van der Waals surface area contributed by atoms with E-state index >= 15 is 0 Å². The van der Waals surface area contributed by atoms with Crippen molar-refractivity contribution in [3.05, 3.63) is 52.4 Å². The summed E-state index contributed by atoms with van der Waals surface area (Å²) in [6, 6.07) is 10.1. The number of hydrogen-bond acceptors (Lipinski definition) is 5. The van der Waals surface area contributed by atoms with Gasteiger partial charge in [0.25, 0.3) is 0 Å². The third-order valence-corrected chi connectivity index (χ3v) is 7.11. The lowest BCUT2D eigenvalue weighted by molar-refractivity contribution is -0.115. The maximum atomic E-state index is 13.0. The van der Waals surface area contributed by atoms with Gasteiger partial charge in [-0.05, 0) is 36.2 Å². The standard InChI is InChI=1S/C22H27N3O5S/c1-5-6-11-31(28,29)20-14-19-18(24(2)22(27)25(19)3)13-17(20)23-21(26)12-15-7-9-16(30-4)10-8-15/h7-10,13-14H,5-6,11-12H2,1-4H3,(H,23,26). The van der Waals surface area contributed by atoms with Crippen LogP contribution in [-0.2, 0) is 35.1 Å². The molecule has 8 nitrogen and oxygen atoms in total. The van der Waals surface area contributed by atoms with Gasteiger partial charge in [-0.2, -0.15) is 0 Å². The first-order valence-electron chi connectivity index (χ1n) is 10.0. The van der Waals surface area contributed by atoms with Crippen molar-refractivity contribution in [3.63, 3.8) is 0 Å². The van der Waals surface area contributed by atoms with Crippen LogP contribution in [0.5, 0.6) is 5.75 Å².